The van der Waals surface area contributed by atoms with Gasteiger partial charge in [-0.2, -0.15) is 0 Å². The number of benzene rings is 1. The largest absolute Gasteiger partial charge is 0.342 e. The lowest BCUT2D eigenvalue weighted by Crippen LogP contribution is -2.41. The van der Waals surface area contributed by atoms with Gasteiger partial charge in [-0.15, -0.1) is 12.4 Å². The molecule has 2 fully saturated rings. The van der Waals surface area contributed by atoms with E-state index in [0.29, 0.717) is 12.3 Å². The third kappa shape index (κ3) is 3.83. The van der Waals surface area contributed by atoms with Gasteiger partial charge in [0.15, 0.2) is 0 Å². The molecule has 0 spiro atoms. The molecule has 0 radical (unpaired) electrons. The molecule has 3 rings (SSSR count). The van der Waals surface area contributed by atoms with Crippen LogP contribution >= 0.6 is 12.4 Å². The van der Waals surface area contributed by atoms with Gasteiger partial charge in [-0.05, 0) is 50.9 Å². The number of carbonyl (C=O) groups is 1. The minimum absolute atomic E-state index is 0. The smallest absolute Gasteiger partial charge is 0.226 e. The molecular formula is C17H23ClF2N2O. The van der Waals surface area contributed by atoms with E-state index in [1.165, 1.54) is 18.2 Å². The first-order valence-electron chi connectivity index (χ1n) is 7.99. The zero-order valence-electron chi connectivity index (χ0n) is 13.2. The maximum atomic E-state index is 13.8. The lowest BCUT2D eigenvalue weighted by atomic mass is 9.96. The van der Waals surface area contributed by atoms with Gasteiger partial charge in [-0.1, -0.05) is 6.07 Å². The van der Waals surface area contributed by atoms with Crippen LogP contribution in [0.15, 0.2) is 18.2 Å². The number of carbonyl (C=O) groups excluding carboxylic acids is 1. The first-order valence-corrected chi connectivity index (χ1v) is 7.99. The summed E-state index contributed by atoms with van der Waals surface area (Å²) in [6, 6.07) is 3.89. The van der Waals surface area contributed by atoms with Gasteiger partial charge in [0, 0.05) is 30.5 Å². The Morgan fingerprint density at radius 3 is 2.43 bits per heavy atom. The van der Waals surface area contributed by atoms with E-state index in [1.54, 1.807) is 0 Å². The topological polar surface area (TPSA) is 32.3 Å². The van der Waals surface area contributed by atoms with Gasteiger partial charge < -0.3 is 10.2 Å². The molecule has 1 aromatic rings. The summed E-state index contributed by atoms with van der Waals surface area (Å²) in [5.74, 6) is -0.916. The van der Waals surface area contributed by atoms with E-state index in [-0.39, 0.29) is 35.7 Å². The molecule has 3 nitrogen and oxygen atoms in total. The highest BCUT2D eigenvalue weighted by atomic mass is 35.5. The molecule has 23 heavy (non-hydrogen) atoms. The molecule has 2 aliphatic rings. The number of likely N-dealkylation sites (tertiary alicyclic amines) is 1. The van der Waals surface area contributed by atoms with Gasteiger partial charge in [0.2, 0.25) is 5.91 Å². The second-order valence-electron chi connectivity index (χ2n) is 6.41. The number of piperidine rings is 1. The van der Waals surface area contributed by atoms with Crippen molar-refractivity contribution in [3.8, 4) is 0 Å². The Balaban J connectivity index is 0.00000192. The zero-order chi connectivity index (χ0) is 15.7. The highest BCUT2D eigenvalue weighted by Gasteiger charge is 2.48. The summed E-state index contributed by atoms with van der Waals surface area (Å²) in [6.07, 6.45) is 2.56. The fraction of sp³-hybridized carbons (Fsp3) is 0.588. The molecule has 1 aliphatic carbocycles. The van der Waals surface area contributed by atoms with Gasteiger partial charge in [0.05, 0.1) is 0 Å². The van der Waals surface area contributed by atoms with Crippen LogP contribution in [0.25, 0.3) is 0 Å². The summed E-state index contributed by atoms with van der Waals surface area (Å²) in [6.45, 7) is 2.50. The summed E-state index contributed by atoms with van der Waals surface area (Å²) in [7, 11) is 1.94. The Hall–Kier alpha value is -1.20. The Kier molecular flexibility index (Phi) is 5.98. The molecule has 1 N–H and O–H groups in total. The van der Waals surface area contributed by atoms with E-state index in [4.69, 9.17) is 0 Å². The van der Waals surface area contributed by atoms with E-state index >= 15 is 0 Å². The lowest BCUT2D eigenvalue weighted by Gasteiger charge is -2.32. The molecule has 1 aliphatic heterocycles. The number of amides is 1. The standard InChI is InChI=1S/C17H22F2N2O.ClH/c1-20-10-11-5-7-21(8-6-11)17(22)13-9-12(13)16-14(18)3-2-4-15(16)19;/h2-4,11-13,20H,5-10H2,1H3;1H. The molecule has 1 heterocycles. The van der Waals surface area contributed by atoms with Crippen molar-refractivity contribution < 1.29 is 13.6 Å². The molecular weight excluding hydrogens is 322 g/mol. The first kappa shape index (κ1) is 18.1. The predicted molar refractivity (Wildman–Crippen MR) is 87.7 cm³/mol. The third-order valence-electron chi connectivity index (χ3n) is 4.90. The maximum absolute atomic E-state index is 13.8. The van der Waals surface area contributed by atoms with Crippen molar-refractivity contribution in [1.82, 2.24) is 10.2 Å². The van der Waals surface area contributed by atoms with Crippen molar-refractivity contribution in [2.75, 3.05) is 26.7 Å². The van der Waals surface area contributed by atoms with Crippen molar-refractivity contribution >= 4 is 18.3 Å². The number of hydrogen-bond donors (Lipinski definition) is 1. The summed E-state index contributed by atoms with van der Waals surface area (Å²) >= 11 is 0. The number of rotatable bonds is 4. The molecule has 2 atom stereocenters. The minimum Gasteiger partial charge on any atom is -0.342 e. The summed E-state index contributed by atoms with van der Waals surface area (Å²) in [5.41, 5.74) is 0.0888. The quantitative estimate of drug-likeness (QED) is 0.910. The van der Waals surface area contributed by atoms with E-state index in [1.807, 2.05) is 11.9 Å². The fourth-order valence-corrected chi connectivity index (χ4v) is 3.53. The SMILES string of the molecule is CNCC1CCN(C(=O)C2CC2c2c(F)cccc2F)CC1.Cl. The van der Waals surface area contributed by atoms with E-state index in [0.717, 1.165) is 32.5 Å². The average molecular weight is 345 g/mol. The van der Waals surface area contributed by atoms with Crippen molar-refractivity contribution in [2.24, 2.45) is 11.8 Å². The molecule has 6 heteroatoms. The van der Waals surface area contributed by atoms with Gasteiger partial charge >= 0.3 is 0 Å². The van der Waals surface area contributed by atoms with Crippen LogP contribution in [0.5, 0.6) is 0 Å². The normalized spacial score (nSPS) is 24.2. The van der Waals surface area contributed by atoms with Crippen LogP contribution in [0.2, 0.25) is 0 Å². The summed E-state index contributed by atoms with van der Waals surface area (Å²) in [4.78, 5) is 14.4. The summed E-state index contributed by atoms with van der Waals surface area (Å²) < 4.78 is 27.6. The van der Waals surface area contributed by atoms with Crippen molar-refractivity contribution in [2.45, 2.75) is 25.2 Å². The molecule has 1 amide bonds. The number of nitrogens with zero attached hydrogens (tertiary/aromatic N) is 1. The molecule has 2 unspecified atom stereocenters. The van der Waals surface area contributed by atoms with Gasteiger partial charge in [0.1, 0.15) is 11.6 Å². The van der Waals surface area contributed by atoms with Crippen LogP contribution in [0.1, 0.15) is 30.7 Å². The molecule has 1 aromatic carbocycles. The van der Waals surface area contributed by atoms with Crippen LogP contribution in [-0.4, -0.2) is 37.5 Å². The zero-order valence-corrected chi connectivity index (χ0v) is 14.0. The average Bonchev–Trinajstić information content (AvgIpc) is 3.28. The Bertz CT molecular complexity index is 541. The van der Waals surface area contributed by atoms with Crippen LogP contribution in [-0.2, 0) is 4.79 Å². The second kappa shape index (κ2) is 7.58. The molecule has 0 bridgehead atoms. The fourth-order valence-electron chi connectivity index (χ4n) is 3.53. The van der Waals surface area contributed by atoms with Crippen molar-refractivity contribution in [3.63, 3.8) is 0 Å². The van der Waals surface area contributed by atoms with Crippen molar-refractivity contribution in [1.29, 1.82) is 0 Å². The number of halogens is 3. The van der Waals surface area contributed by atoms with E-state index < -0.39 is 11.6 Å². The lowest BCUT2D eigenvalue weighted by molar-refractivity contribution is -0.134. The van der Waals surface area contributed by atoms with Gasteiger partial charge in [-0.25, -0.2) is 8.78 Å². The van der Waals surface area contributed by atoms with Gasteiger partial charge in [0.25, 0.3) is 0 Å². The van der Waals surface area contributed by atoms with Crippen LogP contribution < -0.4 is 5.32 Å². The van der Waals surface area contributed by atoms with Crippen molar-refractivity contribution in [3.05, 3.63) is 35.4 Å². The maximum Gasteiger partial charge on any atom is 0.226 e. The first-order chi connectivity index (χ1) is 10.6. The Morgan fingerprint density at radius 1 is 1.26 bits per heavy atom. The van der Waals surface area contributed by atoms with Gasteiger partial charge in [-0.3, -0.25) is 4.79 Å². The molecule has 1 saturated carbocycles. The van der Waals surface area contributed by atoms with Crippen LogP contribution in [0.3, 0.4) is 0 Å². The van der Waals surface area contributed by atoms with Crippen LogP contribution in [0, 0.1) is 23.5 Å². The Labute approximate surface area is 141 Å². The minimum atomic E-state index is -0.534. The number of nitrogens with one attached hydrogen (secondary N) is 1. The highest BCUT2D eigenvalue weighted by Crippen LogP contribution is 2.50. The highest BCUT2D eigenvalue weighted by molar-refractivity contribution is 5.85. The molecule has 0 aromatic heterocycles. The monoisotopic (exact) mass is 344 g/mol. The Morgan fingerprint density at radius 2 is 1.87 bits per heavy atom. The predicted octanol–water partition coefficient (Wildman–Crippen LogP) is 2.95. The molecule has 1 saturated heterocycles. The number of hydrogen-bond acceptors (Lipinski definition) is 2. The van der Waals surface area contributed by atoms with E-state index in [2.05, 4.69) is 5.32 Å². The van der Waals surface area contributed by atoms with Crippen LogP contribution in [0.4, 0.5) is 8.78 Å². The summed E-state index contributed by atoms with van der Waals surface area (Å²) in [5, 5.41) is 3.17. The van der Waals surface area contributed by atoms with E-state index in [9.17, 15) is 13.6 Å². The second-order valence-corrected chi connectivity index (χ2v) is 6.41. The molecule has 128 valence electrons. The third-order valence-corrected chi connectivity index (χ3v) is 4.90.